The lowest BCUT2D eigenvalue weighted by Crippen LogP contribution is -2.33. The van der Waals surface area contributed by atoms with Crippen LogP contribution >= 0.6 is 0 Å². The summed E-state index contributed by atoms with van der Waals surface area (Å²) >= 11 is 0. The van der Waals surface area contributed by atoms with Crippen molar-refractivity contribution in [1.82, 2.24) is 4.90 Å². The third kappa shape index (κ3) is 2.75. The standard InChI is InChI=1S/C8H18N2OS/c1-8(2)10-4-3-6-12(9,11)7-5-10/h8-9H,3-7H2,1-2H3. The van der Waals surface area contributed by atoms with E-state index in [0.29, 0.717) is 17.5 Å². The molecule has 72 valence electrons. The monoisotopic (exact) mass is 190 g/mol. The topological polar surface area (TPSA) is 44.2 Å². The van der Waals surface area contributed by atoms with Crippen LogP contribution in [-0.2, 0) is 9.73 Å². The van der Waals surface area contributed by atoms with Crippen LogP contribution in [0, 0.1) is 4.78 Å². The summed E-state index contributed by atoms with van der Waals surface area (Å²) in [5.74, 6) is 1.15. The van der Waals surface area contributed by atoms with Gasteiger partial charge in [-0.05, 0) is 26.8 Å². The molecule has 1 N–H and O–H groups in total. The first kappa shape index (κ1) is 9.99. The summed E-state index contributed by atoms with van der Waals surface area (Å²) in [6.45, 7) is 6.14. The van der Waals surface area contributed by atoms with Gasteiger partial charge >= 0.3 is 0 Å². The highest BCUT2D eigenvalue weighted by molar-refractivity contribution is 7.92. The Labute approximate surface area is 75.1 Å². The molecule has 1 fully saturated rings. The Morgan fingerprint density at radius 3 is 2.58 bits per heavy atom. The van der Waals surface area contributed by atoms with Gasteiger partial charge in [-0.15, -0.1) is 0 Å². The summed E-state index contributed by atoms with van der Waals surface area (Å²) in [6, 6.07) is 0.526. The number of hydrogen-bond acceptors (Lipinski definition) is 3. The van der Waals surface area contributed by atoms with Crippen LogP contribution in [0.2, 0.25) is 0 Å². The zero-order valence-electron chi connectivity index (χ0n) is 7.88. The summed E-state index contributed by atoms with van der Waals surface area (Å²) in [4.78, 5) is 2.31. The van der Waals surface area contributed by atoms with Gasteiger partial charge in [0.2, 0.25) is 0 Å². The van der Waals surface area contributed by atoms with Gasteiger partial charge < -0.3 is 0 Å². The molecule has 3 nitrogen and oxygen atoms in total. The maximum Gasteiger partial charge on any atom is 0.0454 e. The van der Waals surface area contributed by atoms with Gasteiger partial charge in [0.25, 0.3) is 0 Å². The number of rotatable bonds is 1. The molecular formula is C8H18N2OS. The van der Waals surface area contributed by atoms with E-state index in [1.807, 2.05) is 0 Å². The lowest BCUT2D eigenvalue weighted by atomic mass is 10.3. The third-order valence-corrected chi connectivity index (χ3v) is 4.15. The SMILES string of the molecule is CC(C)N1CCCS(=N)(=O)CC1. The van der Waals surface area contributed by atoms with Crippen LogP contribution in [0.5, 0.6) is 0 Å². The molecule has 1 unspecified atom stereocenters. The molecule has 12 heavy (non-hydrogen) atoms. The second-order valence-electron chi connectivity index (χ2n) is 3.70. The van der Waals surface area contributed by atoms with E-state index in [2.05, 4.69) is 18.7 Å². The van der Waals surface area contributed by atoms with E-state index in [1.54, 1.807) is 0 Å². The van der Waals surface area contributed by atoms with Crippen molar-refractivity contribution in [3.05, 3.63) is 0 Å². The summed E-state index contributed by atoms with van der Waals surface area (Å²) in [5.41, 5.74) is 0. The van der Waals surface area contributed by atoms with Crippen LogP contribution < -0.4 is 0 Å². The highest BCUT2D eigenvalue weighted by atomic mass is 32.2. The van der Waals surface area contributed by atoms with Crippen LogP contribution in [0.4, 0.5) is 0 Å². The van der Waals surface area contributed by atoms with Crippen LogP contribution in [0.25, 0.3) is 0 Å². The summed E-state index contributed by atoms with van der Waals surface area (Å²) < 4.78 is 18.9. The molecule has 1 aliphatic heterocycles. The Hall–Kier alpha value is -0.0900. The van der Waals surface area contributed by atoms with Gasteiger partial charge in [-0.2, -0.15) is 0 Å². The van der Waals surface area contributed by atoms with E-state index >= 15 is 0 Å². The molecule has 0 saturated carbocycles. The lowest BCUT2D eigenvalue weighted by Gasteiger charge is -2.23. The first-order chi connectivity index (χ1) is 5.51. The molecule has 1 heterocycles. The largest absolute Gasteiger partial charge is 0.300 e. The Balaban J connectivity index is 2.56. The highest BCUT2D eigenvalue weighted by Crippen LogP contribution is 2.08. The first-order valence-corrected chi connectivity index (χ1v) is 6.39. The zero-order valence-corrected chi connectivity index (χ0v) is 8.69. The molecule has 0 radical (unpaired) electrons. The normalized spacial score (nSPS) is 33.6. The second kappa shape index (κ2) is 3.75. The summed E-state index contributed by atoms with van der Waals surface area (Å²) in [6.07, 6.45) is 0.917. The highest BCUT2D eigenvalue weighted by Gasteiger charge is 2.17. The molecule has 4 heteroatoms. The number of nitrogens with zero attached hydrogens (tertiary/aromatic N) is 1. The van der Waals surface area contributed by atoms with Crippen molar-refractivity contribution in [3.63, 3.8) is 0 Å². The van der Waals surface area contributed by atoms with E-state index in [0.717, 1.165) is 19.5 Å². The smallest absolute Gasteiger partial charge is 0.0454 e. The van der Waals surface area contributed by atoms with Crippen LogP contribution in [0.3, 0.4) is 0 Å². The fraction of sp³-hybridized carbons (Fsp3) is 1.00. The molecule has 1 atom stereocenters. The minimum Gasteiger partial charge on any atom is -0.300 e. The quantitative estimate of drug-likeness (QED) is 0.674. The predicted molar refractivity (Wildman–Crippen MR) is 51.9 cm³/mol. The van der Waals surface area contributed by atoms with Crippen LogP contribution in [0.1, 0.15) is 20.3 Å². The zero-order chi connectivity index (χ0) is 9.19. The molecule has 0 spiro atoms. The van der Waals surface area contributed by atoms with Crippen LogP contribution in [-0.4, -0.2) is 39.7 Å². The average molecular weight is 190 g/mol. The van der Waals surface area contributed by atoms with Gasteiger partial charge in [0.05, 0.1) is 0 Å². The Morgan fingerprint density at radius 1 is 1.33 bits per heavy atom. The molecule has 0 aromatic rings. The van der Waals surface area contributed by atoms with Gasteiger partial charge in [-0.1, -0.05) is 0 Å². The average Bonchev–Trinajstić information content (AvgIpc) is 2.10. The molecular weight excluding hydrogens is 172 g/mol. The van der Waals surface area contributed by atoms with E-state index < -0.39 is 9.73 Å². The maximum absolute atomic E-state index is 11.4. The molecule has 1 saturated heterocycles. The molecule has 0 bridgehead atoms. The molecule has 1 rings (SSSR count). The molecule has 1 aliphatic rings. The van der Waals surface area contributed by atoms with Crippen LogP contribution in [0.15, 0.2) is 0 Å². The van der Waals surface area contributed by atoms with Crippen molar-refractivity contribution in [3.8, 4) is 0 Å². The predicted octanol–water partition coefficient (Wildman–Crippen LogP) is 1.15. The molecule has 0 aliphatic carbocycles. The van der Waals surface area contributed by atoms with Crippen molar-refractivity contribution >= 4 is 9.73 Å². The van der Waals surface area contributed by atoms with Crippen molar-refractivity contribution in [1.29, 1.82) is 4.78 Å². The first-order valence-electron chi connectivity index (χ1n) is 4.49. The summed E-state index contributed by atoms with van der Waals surface area (Å²) in [5, 5.41) is 0. The Bertz CT molecular complexity index is 233. The van der Waals surface area contributed by atoms with Gasteiger partial charge in [0.15, 0.2) is 0 Å². The Kier molecular flexibility index (Phi) is 3.12. The lowest BCUT2D eigenvalue weighted by molar-refractivity contribution is 0.240. The maximum atomic E-state index is 11.4. The minimum absolute atomic E-state index is 0.526. The fourth-order valence-electron chi connectivity index (χ4n) is 1.50. The molecule has 0 aromatic heterocycles. The second-order valence-corrected chi connectivity index (χ2v) is 6.14. The number of hydrogen-bond donors (Lipinski definition) is 1. The summed E-state index contributed by atoms with van der Waals surface area (Å²) in [7, 11) is -2.23. The molecule has 0 amide bonds. The van der Waals surface area contributed by atoms with Gasteiger partial charge in [-0.25, -0.2) is 4.21 Å². The minimum atomic E-state index is -2.23. The molecule has 0 aromatic carbocycles. The van der Waals surface area contributed by atoms with Crippen molar-refractivity contribution in [2.45, 2.75) is 26.3 Å². The van der Waals surface area contributed by atoms with E-state index in [4.69, 9.17) is 4.78 Å². The van der Waals surface area contributed by atoms with E-state index in [1.165, 1.54) is 0 Å². The van der Waals surface area contributed by atoms with E-state index in [-0.39, 0.29) is 0 Å². The number of nitrogens with one attached hydrogen (secondary N) is 1. The third-order valence-electron chi connectivity index (χ3n) is 2.36. The van der Waals surface area contributed by atoms with Crippen molar-refractivity contribution in [2.75, 3.05) is 24.6 Å². The van der Waals surface area contributed by atoms with Gasteiger partial charge in [-0.3, -0.25) is 9.68 Å². The van der Waals surface area contributed by atoms with E-state index in [9.17, 15) is 4.21 Å². The van der Waals surface area contributed by atoms with Crippen molar-refractivity contribution < 1.29 is 4.21 Å². The Morgan fingerprint density at radius 2 is 2.00 bits per heavy atom. The van der Waals surface area contributed by atoms with Gasteiger partial charge in [0.1, 0.15) is 0 Å². The van der Waals surface area contributed by atoms with Gasteiger partial charge in [0, 0.05) is 33.8 Å². The van der Waals surface area contributed by atoms with Crippen molar-refractivity contribution in [2.24, 2.45) is 0 Å². The fourth-order valence-corrected chi connectivity index (χ4v) is 2.82.